The fraction of sp³-hybridized carbons (Fsp3) is 0.909. The van der Waals surface area contributed by atoms with Gasteiger partial charge in [0.25, 0.3) is 0 Å². The molecule has 0 fully saturated rings. The van der Waals surface area contributed by atoms with Crippen LogP contribution >= 0.6 is 0 Å². The van der Waals surface area contributed by atoms with Crippen molar-refractivity contribution >= 4 is 8.80 Å². The Balaban J connectivity index is 4.39. The van der Waals surface area contributed by atoms with Gasteiger partial charge in [-0.15, -0.1) is 0 Å². The van der Waals surface area contributed by atoms with E-state index < -0.39 is 8.80 Å². The predicted molar refractivity (Wildman–Crippen MR) is 64.9 cm³/mol. The zero-order valence-corrected chi connectivity index (χ0v) is 11.6. The molecule has 0 rings (SSSR count). The molecule has 0 unspecified atom stereocenters. The Kier molecular flexibility index (Phi) is 9.53. The van der Waals surface area contributed by atoms with Crippen molar-refractivity contribution in [2.24, 2.45) is 0 Å². The van der Waals surface area contributed by atoms with Gasteiger partial charge in [0.2, 0.25) is 0 Å². The predicted octanol–water partition coefficient (Wildman–Crippen LogP) is 2.73. The van der Waals surface area contributed by atoms with Crippen molar-refractivity contribution in [3.8, 4) is 6.07 Å². The van der Waals surface area contributed by atoms with Crippen molar-refractivity contribution in [1.82, 2.24) is 0 Å². The van der Waals surface area contributed by atoms with E-state index in [0.29, 0.717) is 19.8 Å². The lowest BCUT2D eigenvalue weighted by atomic mass is 10.5. The van der Waals surface area contributed by atoms with Gasteiger partial charge >= 0.3 is 8.80 Å². The minimum absolute atomic E-state index is 0.243. The van der Waals surface area contributed by atoms with E-state index in [-0.39, 0.29) is 6.04 Å². The zero-order valence-electron chi connectivity index (χ0n) is 10.6. The maximum absolute atomic E-state index is 8.84. The molecule has 4 nitrogen and oxygen atoms in total. The lowest BCUT2D eigenvalue weighted by Gasteiger charge is -2.27. The zero-order chi connectivity index (χ0) is 12.3. The van der Waals surface area contributed by atoms with E-state index in [1.807, 2.05) is 20.8 Å². The molecule has 5 heteroatoms. The van der Waals surface area contributed by atoms with Crippen molar-refractivity contribution in [2.75, 3.05) is 19.8 Å². The smallest absolute Gasteiger partial charge is 0.373 e. The van der Waals surface area contributed by atoms with Crippen molar-refractivity contribution < 1.29 is 13.3 Å². The van der Waals surface area contributed by atoms with Crippen LogP contribution in [0.5, 0.6) is 0 Å². The monoisotopic (exact) mass is 245 g/mol. The quantitative estimate of drug-likeness (QED) is 0.555. The molecule has 0 N–H and O–H groups in total. The second-order valence-corrected chi connectivity index (χ2v) is 6.15. The number of nitriles is 1. The summed E-state index contributed by atoms with van der Waals surface area (Å²) in [6, 6.07) is 2.37. The van der Waals surface area contributed by atoms with Gasteiger partial charge in [-0.2, -0.15) is 5.26 Å². The van der Waals surface area contributed by atoms with Crippen LogP contribution in [0.2, 0.25) is 6.04 Å². The first kappa shape index (κ1) is 15.6. The Morgan fingerprint density at radius 2 is 1.25 bits per heavy atom. The Morgan fingerprint density at radius 3 is 1.50 bits per heavy atom. The topological polar surface area (TPSA) is 51.5 Å². The molecule has 0 saturated carbocycles. The Morgan fingerprint density at radius 1 is 0.875 bits per heavy atom. The first-order chi connectivity index (χ1) is 7.74. The van der Waals surface area contributed by atoms with Gasteiger partial charge in [-0.1, -0.05) is 20.8 Å². The second-order valence-electron chi connectivity index (χ2n) is 3.56. The van der Waals surface area contributed by atoms with Gasteiger partial charge in [0.1, 0.15) is 6.04 Å². The third-order valence-electron chi connectivity index (χ3n) is 1.87. The van der Waals surface area contributed by atoms with Crippen LogP contribution < -0.4 is 0 Å². The van der Waals surface area contributed by atoms with E-state index in [1.54, 1.807) is 0 Å². The summed E-state index contributed by atoms with van der Waals surface area (Å²) in [5.41, 5.74) is 0. The van der Waals surface area contributed by atoms with Crippen LogP contribution in [0.3, 0.4) is 0 Å². The van der Waals surface area contributed by atoms with E-state index >= 15 is 0 Å². The fourth-order valence-electron chi connectivity index (χ4n) is 1.15. The number of rotatable bonds is 10. The number of nitrogens with zero attached hydrogens (tertiary/aromatic N) is 1. The molecule has 0 aromatic carbocycles. The molecule has 0 radical (unpaired) electrons. The summed E-state index contributed by atoms with van der Waals surface area (Å²) in [7, 11) is -2.72. The van der Waals surface area contributed by atoms with Crippen molar-refractivity contribution in [3.05, 3.63) is 0 Å². The Bertz CT molecular complexity index is 184. The van der Waals surface area contributed by atoms with E-state index in [0.717, 1.165) is 19.3 Å². The second kappa shape index (κ2) is 9.79. The molecule has 94 valence electrons. The van der Waals surface area contributed by atoms with Crippen LogP contribution in [0, 0.1) is 11.3 Å². The molecule has 0 spiro atoms. The summed E-state index contributed by atoms with van der Waals surface area (Å²) < 4.78 is 17.1. The van der Waals surface area contributed by atoms with Crippen LogP contribution in [0.4, 0.5) is 0 Å². The third-order valence-corrected chi connectivity index (χ3v) is 4.40. The Hall–Kier alpha value is -0.413. The van der Waals surface area contributed by atoms with E-state index in [2.05, 4.69) is 6.07 Å². The van der Waals surface area contributed by atoms with Gasteiger partial charge in [0.05, 0.1) is 6.07 Å². The minimum Gasteiger partial charge on any atom is -0.373 e. The maximum Gasteiger partial charge on any atom is 0.515 e. The standard InChI is InChI=1S/C11H23NO3Si/c1-4-8-13-16(11-7-12,14-9-5-2)15-10-6-3/h4-6,8-11H2,1-3H3. The number of hydrogen-bond acceptors (Lipinski definition) is 4. The van der Waals surface area contributed by atoms with Crippen molar-refractivity contribution in [3.63, 3.8) is 0 Å². The SMILES string of the molecule is CCCO[Si](CC#N)(OCCC)OCCC. The molecule has 16 heavy (non-hydrogen) atoms. The molecule has 0 amide bonds. The molecule has 0 saturated heterocycles. The molecule has 0 aliphatic carbocycles. The molecule has 0 bridgehead atoms. The summed E-state index contributed by atoms with van der Waals surface area (Å²) in [4.78, 5) is 0. The molecule has 0 atom stereocenters. The molecule has 0 heterocycles. The third kappa shape index (κ3) is 6.23. The first-order valence-electron chi connectivity index (χ1n) is 6.03. The van der Waals surface area contributed by atoms with Crippen LogP contribution in [0.25, 0.3) is 0 Å². The largest absolute Gasteiger partial charge is 0.515 e. The highest BCUT2D eigenvalue weighted by Crippen LogP contribution is 2.16. The molecule has 0 aliphatic heterocycles. The highest BCUT2D eigenvalue weighted by molar-refractivity contribution is 6.61. The van der Waals surface area contributed by atoms with E-state index in [1.165, 1.54) is 0 Å². The van der Waals surface area contributed by atoms with Crippen LogP contribution in [-0.4, -0.2) is 28.6 Å². The van der Waals surface area contributed by atoms with Crippen LogP contribution in [0.15, 0.2) is 0 Å². The minimum atomic E-state index is -2.72. The van der Waals surface area contributed by atoms with E-state index in [4.69, 9.17) is 18.5 Å². The maximum atomic E-state index is 8.84. The highest BCUT2D eigenvalue weighted by Gasteiger charge is 2.41. The summed E-state index contributed by atoms with van der Waals surface area (Å²) in [6.07, 6.45) is 2.72. The van der Waals surface area contributed by atoms with Gasteiger partial charge < -0.3 is 13.3 Å². The molecule has 0 aromatic rings. The Labute approximate surface area is 99.9 Å². The van der Waals surface area contributed by atoms with E-state index in [9.17, 15) is 0 Å². The van der Waals surface area contributed by atoms with Gasteiger partial charge in [0.15, 0.2) is 0 Å². The highest BCUT2D eigenvalue weighted by atomic mass is 28.4. The lowest BCUT2D eigenvalue weighted by molar-refractivity contribution is 0.0624. The van der Waals surface area contributed by atoms with Gasteiger partial charge in [-0.3, -0.25) is 0 Å². The van der Waals surface area contributed by atoms with Crippen molar-refractivity contribution in [1.29, 1.82) is 5.26 Å². The lowest BCUT2D eigenvalue weighted by Crippen LogP contribution is -2.46. The summed E-state index contributed by atoms with van der Waals surface area (Å²) in [6.45, 7) is 7.89. The summed E-state index contributed by atoms with van der Waals surface area (Å²) >= 11 is 0. The van der Waals surface area contributed by atoms with Crippen molar-refractivity contribution in [2.45, 2.75) is 46.1 Å². The first-order valence-corrected chi connectivity index (χ1v) is 7.96. The van der Waals surface area contributed by atoms with Crippen LogP contribution in [-0.2, 0) is 13.3 Å². The average Bonchev–Trinajstić information content (AvgIpc) is 2.31. The average molecular weight is 245 g/mol. The normalized spacial score (nSPS) is 11.4. The fourth-order valence-corrected chi connectivity index (χ4v) is 3.44. The molecule has 0 aliphatic rings. The number of hydrogen-bond donors (Lipinski definition) is 0. The summed E-state index contributed by atoms with van der Waals surface area (Å²) in [5.74, 6) is 0. The van der Waals surface area contributed by atoms with Crippen LogP contribution in [0.1, 0.15) is 40.0 Å². The van der Waals surface area contributed by atoms with Gasteiger partial charge in [0, 0.05) is 19.8 Å². The van der Waals surface area contributed by atoms with Gasteiger partial charge in [-0.05, 0) is 19.3 Å². The molecular formula is C11H23NO3Si. The van der Waals surface area contributed by atoms with Gasteiger partial charge in [-0.25, -0.2) is 0 Å². The summed E-state index contributed by atoms with van der Waals surface area (Å²) in [5, 5.41) is 8.84. The molecular weight excluding hydrogens is 222 g/mol. The molecule has 0 aromatic heterocycles.